The number of aliphatic imine (C=N–C) groups is 1. The summed E-state index contributed by atoms with van der Waals surface area (Å²) in [6, 6.07) is 22.1. The van der Waals surface area contributed by atoms with Crippen LogP contribution >= 0.6 is 23.2 Å². The molecule has 0 saturated carbocycles. The van der Waals surface area contributed by atoms with E-state index in [0.29, 0.717) is 21.4 Å². The van der Waals surface area contributed by atoms with Crippen molar-refractivity contribution in [2.24, 2.45) is 4.99 Å². The molecule has 0 aromatic heterocycles. The zero-order chi connectivity index (χ0) is 21.8. The van der Waals surface area contributed by atoms with Crippen LogP contribution in [0.2, 0.25) is 10.0 Å². The third-order valence-electron chi connectivity index (χ3n) is 4.57. The van der Waals surface area contributed by atoms with Gasteiger partial charge in [0.25, 0.3) is 0 Å². The Morgan fingerprint density at radius 3 is 2.42 bits per heavy atom. The van der Waals surface area contributed by atoms with Crippen LogP contribution < -0.4 is 4.74 Å². The Balaban J connectivity index is 1.52. The third-order valence-corrected chi connectivity index (χ3v) is 5.12. The summed E-state index contributed by atoms with van der Waals surface area (Å²) in [6.07, 6.45) is 3.13. The molecule has 0 spiro atoms. The molecule has 0 fully saturated rings. The number of halogens is 2. The van der Waals surface area contributed by atoms with Crippen molar-refractivity contribution in [3.63, 3.8) is 0 Å². The maximum absolute atomic E-state index is 12.2. The molecule has 0 aliphatic carbocycles. The molecule has 3 aromatic carbocycles. The average Bonchev–Trinajstić information content (AvgIpc) is 3.13. The topological polar surface area (TPSA) is 47.9 Å². The lowest BCUT2D eigenvalue weighted by Gasteiger charge is -2.16. The number of carbonyl (C=O) groups excluding carboxylic acids is 1. The molecule has 31 heavy (non-hydrogen) atoms. The first-order valence-corrected chi connectivity index (χ1v) is 10.2. The van der Waals surface area contributed by atoms with E-state index in [2.05, 4.69) is 11.6 Å². The van der Waals surface area contributed by atoms with Crippen LogP contribution in [0.15, 0.2) is 96.1 Å². The van der Waals surface area contributed by atoms with Gasteiger partial charge in [-0.05, 0) is 53.6 Å². The van der Waals surface area contributed by atoms with Gasteiger partial charge >= 0.3 is 5.97 Å². The van der Waals surface area contributed by atoms with E-state index in [4.69, 9.17) is 32.7 Å². The maximum Gasteiger partial charge on any atom is 0.363 e. The SMILES string of the molecule is C=CC(Oc1ccc(/C=C2\N=C(c3ccc(Cl)cc3Cl)OC2=O)cc1)c1ccccc1. The van der Waals surface area contributed by atoms with Gasteiger partial charge in [0.1, 0.15) is 11.9 Å². The number of hydrogen-bond donors (Lipinski definition) is 0. The van der Waals surface area contributed by atoms with Crippen LogP contribution in [0.3, 0.4) is 0 Å². The summed E-state index contributed by atoms with van der Waals surface area (Å²) in [5, 5.41) is 0.847. The Kier molecular flexibility index (Phi) is 6.21. The quantitative estimate of drug-likeness (QED) is 0.240. The number of ether oxygens (including phenoxy) is 2. The molecular formula is C25H17Cl2NO3. The van der Waals surface area contributed by atoms with Crippen LogP contribution in [-0.2, 0) is 9.53 Å². The lowest BCUT2D eigenvalue weighted by Crippen LogP contribution is -2.05. The first-order valence-electron chi connectivity index (χ1n) is 9.46. The number of cyclic esters (lactones) is 1. The molecule has 4 rings (SSSR count). The number of nitrogens with zero attached hydrogens (tertiary/aromatic N) is 1. The Labute approximate surface area is 190 Å². The highest BCUT2D eigenvalue weighted by atomic mass is 35.5. The van der Waals surface area contributed by atoms with Crippen molar-refractivity contribution in [1.82, 2.24) is 0 Å². The van der Waals surface area contributed by atoms with Crippen molar-refractivity contribution in [1.29, 1.82) is 0 Å². The molecule has 1 aliphatic heterocycles. The maximum atomic E-state index is 12.2. The zero-order valence-electron chi connectivity index (χ0n) is 16.3. The molecule has 0 N–H and O–H groups in total. The summed E-state index contributed by atoms with van der Waals surface area (Å²) in [5.41, 5.74) is 2.48. The van der Waals surface area contributed by atoms with Gasteiger partial charge in [0.05, 0.1) is 10.6 Å². The van der Waals surface area contributed by atoms with Gasteiger partial charge in [0, 0.05) is 5.02 Å². The van der Waals surface area contributed by atoms with E-state index < -0.39 is 5.97 Å². The molecule has 1 atom stereocenters. The van der Waals surface area contributed by atoms with E-state index in [0.717, 1.165) is 11.1 Å². The van der Waals surface area contributed by atoms with Crippen LogP contribution in [0, 0.1) is 0 Å². The molecule has 6 heteroatoms. The number of hydrogen-bond acceptors (Lipinski definition) is 4. The molecule has 1 unspecified atom stereocenters. The molecule has 0 bridgehead atoms. The average molecular weight is 450 g/mol. The van der Waals surface area contributed by atoms with Gasteiger partial charge in [0.2, 0.25) is 5.90 Å². The van der Waals surface area contributed by atoms with Crippen molar-refractivity contribution >= 4 is 41.1 Å². The normalized spacial score (nSPS) is 15.4. The van der Waals surface area contributed by atoms with E-state index in [1.807, 2.05) is 54.6 Å². The molecular weight excluding hydrogens is 433 g/mol. The van der Waals surface area contributed by atoms with Gasteiger partial charge < -0.3 is 9.47 Å². The molecule has 3 aromatic rings. The summed E-state index contributed by atoms with van der Waals surface area (Å²) in [4.78, 5) is 16.5. The second kappa shape index (κ2) is 9.21. The van der Waals surface area contributed by atoms with Crippen LogP contribution in [0.25, 0.3) is 6.08 Å². The third kappa shape index (κ3) is 4.88. The van der Waals surface area contributed by atoms with Gasteiger partial charge in [-0.1, -0.05) is 72.2 Å². The Bertz CT molecular complexity index is 1190. The summed E-state index contributed by atoms with van der Waals surface area (Å²) >= 11 is 12.1. The van der Waals surface area contributed by atoms with Gasteiger partial charge in [-0.15, -0.1) is 0 Å². The smallest absolute Gasteiger partial charge is 0.363 e. The van der Waals surface area contributed by atoms with Crippen molar-refractivity contribution in [3.05, 3.63) is 118 Å². The predicted octanol–water partition coefficient (Wildman–Crippen LogP) is 6.64. The first kappa shape index (κ1) is 20.9. The van der Waals surface area contributed by atoms with Crippen LogP contribution in [0.1, 0.15) is 22.8 Å². The highest BCUT2D eigenvalue weighted by molar-refractivity contribution is 6.37. The van der Waals surface area contributed by atoms with Crippen LogP contribution in [0.4, 0.5) is 0 Å². The second-order valence-corrected chi connectivity index (χ2v) is 7.56. The van der Waals surface area contributed by atoms with Gasteiger partial charge in [-0.2, -0.15) is 0 Å². The van der Waals surface area contributed by atoms with Gasteiger partial charge in [-0.25, -0.2) is 9.79 Å². The minimum Gasteiger partial charge on any atom is -0.482 e. The molecule has 0 amide bonds. The predicted molar refractivity (Wildman–Crippen MR) is 124 cm³/mol. The van der Waals surface area contributed by atoms with E-state index in [9.17, 15) is 4.79 Å². The summed E-state index contributed by atoms with van der Waals surface area (Å²) < 4.78 is 11.3. The standard InChI is InChI=1S/C25H17Cl2NO3/c1-2-23(17-6-4-3-5-7-17)30-19-11-8-16(9-12-19)14-22-25(29)31-24(28-22)20-13-10-18(26)15-21(20)27/h2-15,23H,1H2/b22-14-. The van der Waals surface area contributed by atoms with E-state index in [1.54, 1.807) is 30.4 Å². The fourth-order valence-corrected chi connectivity index (χ4v) is 3.52. The van der Waals surface area contributed by atoms with E-state index >= 15 is 0 Å². The van der Waals surface area contributed by atoms with Crippen molar-refractivity contribution in [3.8, 4) is 5.75 Å². The lowest BCUT2D eigenvalue weighted by atomic mass is 10.1. The lowest BCUT2D eigenvalue weighted by molar-refractivity contribution is -0.129. The zero-order valence-corrected chi connectivity index (χ0v) is 17.8. The van der Waals surface area contributed by atoms with Crippen molar-refractivity contribution < 1.29 is 14.3 Å². The summed E-state index contributed by atoms with van der Waals surface area (Å²) in [6.45, 7) is 3.85. The summed E-state index contributed by atoms with van der Waals surface area (Å²) in [5.74, 6) is 0.286. The molecule has 0 radical (unpaired) electrons. The second-order valence-electron chi connectivity index (χ2n) is 6.71. The van der Waals surface area contributed by atoms with Crippen LogP contribution in [0.5, 0.6) is 5.75 Å². The highest BCUT2D eigenvalue weighted by Crippen LogP contribution is 2.27. The molecule has 1 aliphatic rings. The fourth-order valence-electron chi connectivity index (χ4n) is 3.03. The molecule has 1 heterocycles. The van der Waals surface area contributed by atoms with E-state index in [1.165, 1.54) is 0 Å². The minimum atomic E-state index is -0.544. The Morgan fingerprint density at radius 1 is 1.00 bits per heavy atom. The minimum absolute atomic E-state index is 0.148. The number of esters is 1. The number of rotatable bonds is 6. The van der Waals surface area contributed by atoms with Gasteiger partial charge in [0.15, 0.2) is 5.70 Å². The molecule has 0 saturated heterocycles. The monoisotopic (exact) mass is 449 g/mol. The fraction of sp³-hybridized carbons (Fsp3) is 0.0400. The highest BCUT2D eigenvalue weighted by Gasteiger charge is 2.25. The van der Waals surface area contributed by atoms with Crippen molar-refractivity contribution in [2.75, 3.05) is 0 Å². The Morgan fingerprint density at radius 2 is 1.74 bits per heavy atom. The molecule has 154 valence electrons. The van der Waals surface area contributed by atoms with E-state index in [-0.39, 0.29) is 17.7 Å². The first-order chi connectivity index (χ1) is 15.0. The number of benzene rings is 3. The number of carbonyl (C=O) groups is 1. The summed E-state index contributed by atoms with van der Waals surface area (Å²) in [7, 11) is 0. The van der Waals surface area contributed by atoms with Crippen molar-refractivity contribution in [2.45, 2.75) is 6.10 Å². The Hall–Kier alpha value is -3.34. The van der Waals surface area contributed by atoms with Crippen LogP contribution in [-0.4, -0.2) is 11.9 Å². The van der Waals surface area contributed by atoms with Gasteiger partial charge in [-0.3, -0.25) is 0 Å². The molecule has 4 nitrogen and oxygen atoms in total. The largest absolute Gasteiger partial charge is 0.482 e.